The molecule has 0 spiro atoms. The van der Waals surface area contributed by atoms with E-state index in [9.17, 15) is 4.79 Å². The number of carbonyl (C=O) groups is 1. The fourth-order valence-electron chi connectivity index (χ4n) is 0.488. The minimum Gasteiger partial charge on any atom is -0.466 e. The van der Waals surface area contributed by atoms with Crippen molar-refractivity contribution < 1.29 is 14.6 Å². The third-order valence-electron chi connectivity index (χ3n) is 1.01. The Bertz CT molecular complexity index is 134. The van der Waals surface area contributed by atoms with Crippen molar-refractivity contribution in [3.63, 3.8) is 0 Å². The van der Waals surface area contributed by atoms with E-state index < -0.39 is 0 Å². The van der Waals surface area contributed by atoms with E-state index in [1.165, 1.54) is 13.2 Å². The monoisotopic (exact) mass is 159 g/mol. The summed E-state index contributed by atoms with van der Waals surface area (Å²) in [5.74, 6) is -0.365. The van der Waals surface area contributed by atoms with Crippen molar-refractivity contribution in [2.75, 3.05) is 26.8 Å². The molecule has 0 heterocycles. The smallest absolute Gasteiger partial charge is 0.330 e. The van der Waals surface area contributed by atoms with Gasteiger partial charge in [0.15, 0.2) is 0 Å². The molecular weight excluding hydrogens is 146 g/mol. The Hall–Kier alpha value is -0.870. The van der Waals surface area contributed by atoms with Crippen molar-refractivity contribution in [2.24, 2.45) is 0 Å². The Morgan fingerprint density at radius 2 is 2.45 bits per heavy atom. The number of hydrogen-bond acceptors (Lipinski definition) is 4. The summed E-state index contributed by atoms with van der Waals surface area (Å²) in [6.07, 6.45) is 2.98. The molecule has 0 rings (SSSR count). The molecule has 64 valence electrons. The Labute approximate surface area is 65.9 Å². The average Bonchev–Trinajstić information content (AvgIpc) is 2.04. The van der Waals surface area contributed by atoms with Gasteiger partial charge in [0.1, 0.15) is 0 Å². The van der Waals surface area contributed by atoms with Crippen LogP contribution in [-0.2, 0) is 9.53 Å². The van der Waals surface area contributed by atoms with E-state index in [1.807, 2.05) is 0 Å². The van der Waals surface area contributed by atoms with E-state index in [1.54, 1.807) is 6.08 Å². The van der Waals surface area contributed by atoms with Crippen LogP contribution in [0.5, 0.6) is 0 Å². The summed E-state index contributed by atoms with van der Waals surface area (Å²) in [7, 11) is 1.33. The highest BCUT2D eigenvalue weighted by atomic mass is 16.5. The third-order valence-corrected chi connectivity index (χ3v) is 1.01. The molecule has 0 radical (unpaired) electrons. The number of nitrogens with one attached hydrogen (secondary N) is 1. The summed E-state index contributed by atoms with van der Waals surface area (Å²) in [5, 5.41) is 11.2. The van der Waals surface area contributed by atoms with Crippen LogP contribution < -0.4 is 5.32 Å². The third kappa shape index (κ3) is 7.02. The molecule has 0 aromatic rings. The normalized spacial score (nSPS) is 10.4. The number of methoxy groups -OCH3 is 1. The largest absolute Gasteiger partial charge is 0.466 e. The molecule has 0 fully saturated rings. The molecule has 0 unspecified atom stereocenters. The fraction of sp³-hybridized carbons (Fsp3) is 0.571. The Kier molecular flexibility index (Phi) is 6.67. The second-order valence-corrected chi connectivity index (χ2v) is 1.85. The highest BCUT2D eigenvalue weighted by molar-refractivity contribution is 5.81. The molecule has 11 heavy (non-hydrogen) atoms. The maximum Gasteiger partial charge on any atom is 0.330 e. The topological polar surface area (TPSA) is 58.6 Å². The van der Waals surface area contributed by atoms with Crippen molar-refractivity contribution in [3.05, 3.63) is 12.2 Å². The zero-order chi connectivity index (χ0) is 8.53. The SMILES string of the molecule is COC(=O)/C=C\CNCCO. The minimum atomic E-state index is -0.365. The van der Waals surface area contributed by atoms with Crippen LogP contribution in [0, 0.1) is 0 Å². The van der Waals surface area contributed by atoms with Crippen molar-refractivity contribution in [1.82, 2.24) is 5.32 Å². The van der Waals surface area contributed by atoms with Crippen molar-refractivity contribution >= 4 is 5.97 Å². The first-order chi connectivity index (χ1) is 5.31. The predicted molar refractivity (Wildman–Crippen MR) is 41.1 cm³/mol. The predicted octanol–water partition coefficient (Wildman–Crippen LogP) is -0.703. The van der Waals surface area contributed by atoms with Crippen LogP contribution in [0.1, 0.15) is 0 Å². The second-order valence-electron chi connectivity index (χ2n) is 1.85. The van der Waals surface area contributed by atoms with Gasteiger partial charge in [-0.2, -0.15) is 0 Å². The zero-order valence-corrected chi connectivity index (χ0v) is 6.54. The summed E-state index contributed by atoms with van der Waals surface area (Å²) in [4.78, 5) is 10.5. The van der Waals surface area contributed by atoms with Crippen LogP contribution in [0.3, 0.4) is 0 Å². The van der Waals surface area contributed by atoms with Gasteiger partial charge in [-0.15, -0.1) is 0 Å². The minimum absolute atomic E-state index is 0.103. The number of esters is 1. The van der Waals surface area contributed by atoms with E-state index >= 15 is 0 Å². The van der Waals surface area contributed by atoms with E-state index in [0.29, 0.717) is 13.1 Å². The van der Waals surface area contributed by atoms with Gasteiger partial charge in [-0.05, 0) is 0 Å². The maximum atomic E-state index is 10.5. The first-order valence-corrected chi connectivity index (χ1v) is 3.37. The van der Waals surface area contributed by atoms with Gasteiger partial charge in [0.05, 0.1) is 13.7 Å². The molecule has 0 aromatic carbocycles. The molecule has 2 N–H and O–H groups in total. The van der Waals surface area contributed by atoms with E-state index in [2.05, 4.69) is 10.1 Å². The van der Waals surface area contributed by atoms with Crippen LogP contribution in [0.25, 0.3) is 0 Å². The lowest BCUT2D eigenvalue weighted by Crippen LogP contribution is -2.17. The van der Waals surface area contributed by atoms with E-state index in [-0.39, 0.29) is 12.6 Å². The number of aliphatic hydroxyl groups excluding tert-OH is 1. The van der Waals surface area contributed by atoms with Crippen molar-refractivity contribution in [3.8, 4) is 0 Å². The number of rotatable bonds is 5. The lowest BCUT2D eigenvalue weighted by molar-refractivity contribution is -0.134. The van der Waals surface area contributed by atoms with Crippen LogP contribution in [0.15, 0.2) is 12.2 Å². The van der Waals surface area contributed by atoms with Crippen LogP contribution in [0.4, 0.5) is 0 Å². The van der Waals surface area contributed by atoms with Crippen molar-refractivity contribution in [2.45, 2.75) is 0 Å². The van der Waals surface area contributed by atoms with Crippen LogP contribution in [-0.4, -0.2) is 37.9 Å². The standard InChI is InChI=1S/C7H13NO3/c1-11-7(10)3-2-4-8-5-6-9/h2-3,8-9H,4-6H2,1H3/b3-2-. The molecule has 0 atom stereocenters. The van der Waals surface area contributed by atoms with Crippen molar-refractivity contribution in [1.29, 1.82) is 0 Å². The Morgan fingerprint density at radius 1 is 1.73 bits per heavy atom. The first kappa shape index (κ1) is 10.1. The van der Waals surface area contributed by atoms with Crippen LogP contribution >= 0.6 is 0 Å². The van der Waals surface area contributed by atoms with Crippen LogP contribution in [0.2, 0.25) is 0 Å². The zero-order valence-electron chi connectivity index (χ0n) is 6.54. The number of hydrogen-bond donors (Lipinski definition) is 2. The summed E-state index contributed by atoms with van der Waals surface area (Å²) in [5.41, 5.74) is 0. The average molecular weight is 159 g/mol. The van der Waals surface area contributed by atoms with Gasteiger partial charge in [0, 0.05) is 19.2 Å². The summed E-state index contributed by atoms with van der Waals surface area (Å²) in [6, 6.07) is 0. The molecule has 0 amide bonds. The van der Waals surface area contributed by atoms with E-state index in [0.717, 1.165) is 0 Å². The summed E-state index contributed by atoms with van der Waals surface area (Å²) >= 11 is 0. The Morgan fingerprint density at radius 3 is 3.00 bits per heavy atom. The molecule has 0 aromatic heterocycles. The number of aliphatic hydroxyl groups is 1. The second kappa shape index (κ2) is 7.24. The van der Waals surface area contributed by atoms with E-state index in [4.69, 9.17) is 5.11 Å². The summed E-state index contributed by atoms with van der Waals surface area (Å²) in [6.45, 7) is 1.20. The molecule has 0 saturated heterocycles. The van der Waals surface area contributed by atoms with Gasteiger partial charge in [0.25, 0.3) is 0 Å². The lowest BCUT2D eigenvalue weighted by atomic mass is 10.5. The van der Waals surface area contributed by atoms with Gasteiger partial charge in [-0.3, -0.25) is 0 Å². The van der Waals surface area contributed by atoms with Gasteiger partial charge >= 0.3 is 5.97 Å². The highest BCUT2D eigenvalue weighted by Crippen LogP contribution is 1.75. The molecule has 4 heteroatoms. The first-order valence-electron chi connectivity index (χ1n) is 3.37. The maximum absolute atomic E-state index is 10.5. The fourth-order valence-corrected chi connectivity index (χ4v) is 0.488. The molecule has 0 aliphatic carbocycles. The number of ether oxygens (including phenoxy) is 1. The molecule has 4 nitrogen and oxygen atoms in total. The summed E-state index contributed by atoms with van der Waals surface area (Å²) < 4.78 is 4.35. The van der Waals surface area contributed by atoms with Gasteiger partial charge in [-0.1, -0.05) is 6.08 Å². The molecule has 0 aliphatic rings. The van der Waals surface area contributed by atoms with Gasteiger partial charge in [0.2, 0.25) is 0 Å². The number of carbonyl (C=O) groups excluding carboxylic acids is 1. The molecular formula is C7H13NO3. The molecule has 0 aliphatic heterocycles. The highest BCUT2D eigenvalue weighted by Gasteiger charge is 1.87. The lowest BCUT2D eigenvalue weighted by Gasteiger charge is -1.95. The molecule has 0 bridgehead atoms. The van der Waals surface area contributed by atoms with Gasteiger partial charge in [-0.25, -0.2) is 4.79 Å². The van der Waals surface area contributed by atoms with Gasteiger partial charge < -0.3 is 15.2 Å². The molecule has 0 saturated carbocycles. The Balaban J connectivity index is 3.22. The quantitative estimate of drug-likeness (QED) is 0.316.